The summed E-state index contributed by atoms with van der Waals surface area (Å²) in [5, 5.41) is 3.58. The predicted molar refractivity (Wildman–Crippen MR) is 75.3 cm³/mol. The van der Waals surface area contributed by atoms with E-state index in [0.29, 0.717) is 12.1 Å². The van der Waals surface area contributed by atoms with Gasteiger partial charge in [0.15, 0.2) is 0 Å². The van der Waals surface area contributed by atoms with Gasteiger partial charge in [-0.2, -0.15) is 0 Å². The number of piperidine rings is 1. The van der Waals surface area contributed by atoms with Crippen LogP contribution in [0.15, 0.2) is 0 Å². The van der Waals surface area contributed by atoms with E-state index in [-0.39, 0.29) is 11.8 Å². The third-order valence-corrected chi connectivity index (χ3v) is 3.95. The van der Waals surface area contributed by atoms with Crippen LogP contribution in [-0.2, 0) is 4.79 Å². The number of hydrogen-bond acceptors (Lipinski definition) is 3. The fourth-order valence-corrected chi connectivity index (χ4v) is 2.76. The van der Waals surface area contributed by atoms with E-state index in [1.807, 2.05) is 6.92 Å². The first kappa shape index (κ1) is 15.4. The zero-order valence-electron chi connectivity index (χ0n) is 12.1. The molecule has 0 saturated carbocycles. The van der Waals surface area contributed by atoms with Gasteiger partial charge in [-0.3, -0.25) is 9.69 Å². The number of carbonyl (C=O) groups excluding carboxylic acids is 1. The molecule has 1 aliphatic rings. The maximum atomic E-state index is 11.2. The molecular formula is C14H29N3O. The van der Waals surface area contributed by atoms with Gasteiger partial charge in [0.25, 0.3) is 0 Å². The van der Waals surface area contributed by atoms with Crippen LogP contribution in [0.5, 0.6) is 0 Å². The number of rotatable bonds is 7. The Morgan fingerprint density at radius 1 is 1.44 bits per heavy atom. The Morgan fingerprint density at radius 2 is 2.17 bits per heavy atom. The number of amides is 1. The van der Waals surface area contributed by atoms with E-state index >= 15 is 0 Å². The van der Waals surface area contributed by atoms with Crippen molar-refractivity contribution in [3.8, 4) is 0 Å². The normalized spacial score (nSPS) is 24.7. The second-order valence-corrected chi connectivity index (χ2v) is 5.60. The van der Waals surface area contributed by atoms with Crippen LogP contribution in [-0.4, -0.2) is 42.5 Å². The summed E-state index contributed by atoms with van der Waals surface area (Å²) in [5.41, 5.74) is 5.37. The summed E-state index contributed by atoms with van der Waals surface area (Å²) in [6.07, 6.45) is 4.92. The highest BCUT2D eigenvalue weighted by Crippen LogP contribution is 2.21. The van der Waals surface area contributed by atoms with Crippen molar-refractivity contribution in [1.82, 2.24) is 10.2 Å². The maximum Gasteiger partial charge on any atom is 0.221 e. The number of hydrogen-bond donors (Lipinski definition) is 2. The average molecular weight is 255 g/mol. The molecule has 1 fully saturated rings. The van der Waals surface area contributed by atoms with E-state index in [0.717, 1.165) is 26.1 Å². The van der Waals surface area contributed by atoms with Crippen LogP contribution >= 0.6 is 0 Å². The monoisotopic (exact) mass is 255 g/mol. The minimum atomic E-state index is -0.187. The van der Waals surface area contributed by atoms with E-state index in [9.17, 15) is 4.79 Å². The Bertz CT molecular complexity index is 257. The molecule has 4 nitrogen and oxygen atoms in total. The second kappa shape index (κ2) is 7.74. The van der Waals surface area contributed by atoms with Crippen LogP contribution in [0.25, 0.3) is 0 Å². The van der Waals surface area contributed by atoms with Gasteiger partial charge in [-0.1, -0.05) is 20.3 Å². The van der Waals surface area contributed by atoms with Gasteiger partial charge in [0, 0.05) is 24.5 Å². The largest absolute Gasteiger partial charge is 0.369 e. The zero-order chi connectivity index (χ0) is 13.5. The molecule has 1 rings (SSSR count). The fourth-order valence-electron chi connectivity index (χ4n) is 2.76. The fraction of sp³-hybridized carbons (Fsp3) is 0.929. The van der Waals surface area contributed by atoms with Gasteiger partial charge in [-0.15, -0.1) is 0 Å². The molecule has 1 saturated heterocycles. The molecule has 18 heavy (non-hydrogen) atoms. The number of likely N-dealkylation sites (tertiary alicyclic amines) is 1. The van der Waals surface area contributed by atoms with Crippen LogP contribution in [0.3, 0.4) is 0 Å². The standard InChI is InChI=1S/C14H29N3O/c1-4-8-16-12(3)13-7-5-6-9-17(13)10-11(2)14(15)18/h11-13,16H,4-10H2,1-3H3,(H2,15,18). The molecule has 3 atom stereocenters. The molecule has 1 amide bonds. The molecule has 0 bridgehead atoms. The summed E-state index contributed by atoms with van der Waals surface area (Å²) in [6, 6.07) is 1.04. The third kappa shape index (κ3) is 4.58. The Balaban J connectivity index is 2.53. The zero-order valence-corrected chi connectivity index (χ0v) is 12.1. The lowest BCUT2D eigenvalue weighted by molar-refractivity contribution is -0.122. The average Bonchev–Trinajstić information content (AvgIpc) is 2.36. The van der Waals surface area contributed by atoms with Crippen molar-refractivity contribution in [2.75, 3.05) is 19.6 Å². The van der Waals surface area contributed by atoms with Crippen molar-refractivity contribution in [1.29, 1.82) is 0 Å². The van der Waals surface area contributed by atoms with E-state index in [1.165, 1.54) is 19.3 Å². The van der Waals surface area contributed by atoms with E-state index < -0.39 is 0 Å². The lowest BCUT2D eigenvalue weighted by Crippen LogP contribution is -2.53. The Hall–Kier alpha value is -0.610. The van der Waals surface area contributed by atoms with Crippen LogP contribution in [0.1, 0.15) is 46.5 Å². The third-order valence-electron chi connectivity index (χ3n) is 3.95. The van der Waals surface area contributed by atoms with Crippen molar-refractivity contribution < 1.29 is 4.79 Å². The first-order valence-electron chi connectivity index (χ1n) is 7.33. The predicted octanol–water partition coefficient (Wildman–Crippen LogP) is 1.35. The van der Waals surface area contributed by atoms with Gasteiger partial charge in [0.1, 0.15) is 0 Å². The number of primary amides is 1. The summed E-state index contributed by atoms with van der Waals surface area (Å²) in [6.45, 7) is 9.34. The molecule has 0 aromatic heterocycles. The number of nitrogens with zero attached hydrogens (tertiary/aromatic N) is 1. The van der Waals surface area contributed by atoms with E-state index in [1.54, 1.807) is 0 Å². The lowest BCUT2D eigenvalue weighted by atomic mass is 9.95. The molecule has 3 unspecified atom stereocenters. The van der Waals surface area contributed by atoms with Crippen molar-refractivity contribution in [2.24, 2.45) is 11.7 Å². The number of nitrogens with one attached hydrogen (secondary N) is 1. The maximum absolute atomic E-state index is 11.2. The van der Waals surface area contributed by atoms with Gasteiger partial charge in [-0.25, -0.2) is 0 Å². The van der Waals surface area contributed by atoms with Gasteiger partial charge in [-0.05, 0) is 39.3 Å². The smallest absolute Gasteiger partial charge is 0.221 e. The highest BCUT2D eigenvalue weighted by Gasteiger charge is 2.28. The van der Waals surface area contributed by atoms with Crippen LogP contribution in [0, 0.1) is 5.92 Å². The van der Waals surface area contributed by atoms with Gasteiger partial charge in [0.05, 0.1) is 0 Å². The first-order valence-corrected chi connectivity index (χ1v) is 7.33. The minimum Gasteiger partial charge on any atom is -0.369 e. The molecule has 0 aliphatic carbocycles. The Kier molecular flexibility index (Phi) is 6.65. The minimum absolute atomic E-state index is 0.0519. The molecule has 0 aromatic rings. The highest BCUT2D eigenvalue weighted by atomic mass is 16.1. The molecule has 4 heteroatoms. The molecule has 0 spiro atoms. The van der Waals surface area contributed by atoms with E-state index in [2.05, 4.69) is 24.1 Å². The van der Waals surface area contributed by atoms with Gasteiger partial charge >= 0.3 is 0 Å². The van der Waals surface area contributed by atoms with Crippen LogP contribution < -0.4 is 11.1 Å². The first-order chi connectivity index (χ1) is 8.56. The van der Waals surface area contributed by atoms with Crippen molar-refractivity contribution in [2.45, 2.75) is 58.5 Å². The van der Waals surface area contributed by atoms with Crippen LogP contribution in [0.2, 0.25) is 0 Å². The SMILES string of the molecule is CCCNC(C)C1CCCCN1CC(C)C(N)=O. The summed E-state index contributed by atoms with van der Waals surface area (Å²) in [4.78, 5) is 13.7. The molecule has 0 radical (unpaired) electrons. The molecule has 1 aliphatic heterocycles. The molecule has 3 N–H and O–H groups in total. The van der Waals surface area contributed by atoms with Crippen LogP contribution in [0.4, 0.5) is 0 Å². The van der Waals surface area contributed by atoms with Gasteiger partial charge in [0.2, 0.25) is 5.91 Å². The quantitative estimate of drug-likeness (QED) is 0.722. The topological polar surface area (TPSA) is 58.4 Å². The summed E-state index contributed by atoms with van der Waals surface area (Å²) >= 11 is 0. The molecule has 1 heterocycles. The summed E-state index contributed by atoms with van der Waals surface area (Å²) in [7, 11) is 0. The van der Waals surface area contributed by atoms with Crippen molar-refractivity contribution in [3.05, 3.63) is 0 Å². The van der Waals surface area contributed by atoms with Crippen molar-refractivity contribution in [3.63, 3.8) is 0 Å². The Labute approximate surface area is 111 Å². The summed E-state index contributed by atoms with van der Waals surface area (Å²) < 4.78 is 0. The van der Waals surface area contributed by atoms with Gasteiger partial charge < -0.3 is 11.1 Å². The van der Waals surface area contributed by atoms with E-state index in [4.69, 9.17) is 5.73 Å². The van der Waals surface area contributed by atoms with Crippen molar-refractivity contribution >= 4 is 5.91 Å². The lowest BCUT2D eigenvalue weighted by Gasteiger charge is -2.40. The number of nitrogens with two attached hydrogens (primary N) is 1. The Morgan fingerprint density at radius 3 is 2.78 bits per heavy atom. The second-order valence-electron chi connectivity index (χ2n) is 5.60. The molecule has 0 aromatic carbocycles. The highest BCUT2D eigenvalue weighted by molar-refractivity contribution is 5.76. The molecular weight excluding hydrogens is 226 g/mol. The number of carbonyl (C=O) groups is 1. The molecule has 106 valence electrons. The summed E-state index contributed by atoms with van der Waals surface area (Å²) in [5.74, 6) is -0.238.